The monoisotopic (exact) mass is 611 g/mol. The van der Waals surface area contributed by atoms with Gasteiger partial charge in [0.25, 0.3) is 10.0 Å². The van der Waals surface area contributed by atoms with Crippen LogP contribution in [0, 0.1) is 0 Å². The molecular formula is C27H28F3N3O6S2. The number of anilines is 1. The van der Waals surface area contributed by atoms with Gasteiger partial charge in [0.2, 0.25) is 15.9 Å². The fraction of sp³-hybridized carbons (Fsp3) is 0.296. The molecule has 0 radical (unpaired) electrons. The van der Waals surface area contributed by atoms with E-state index in [-0.39, 0.29) is 28.6 Å². The smallest absolute Gasteiger partial charge is 0.416 e. The highest BCUT2D eigenvalue weighted by molar-refractivity contribution is 7.92. The summed E-state index contributed by atoms with van der Waals surface area (Å²) in [4.78, 5) is 12.7. The number of ether oxygens (including phenoxy) is 1. The number of nitrogens with one attached hydrogen (secondary N) is 1. The Morgan fingerprint density at radius 1 is 0.878 bits per heavy atom. The second-order valence-corrected chi connectivity index (χ2v) is 13.0. The molecular weight excluding hydrogens is 583 g/mol. The third-order valence-corrected chi connectivity index (χ3v) is 10.0. The summed E-state index contributed by atoms with van der Waals surface area (Å²) in [6.45, 7) is 0.116. The van der Waals surface area contributed by atoms with Crippen LogP contribution >= 0.6 is 0 Å². The quantitative estimate of drug-likeness (QED) is 0.330. The normalized spacial score (nSPS) is 14.5. The zero-order valence-corrected chi connectivity index (χ0v) is 23.4. The van der Waals surface area contributed by atoms with Crippen LogP contribution in [0.4, 0.5) is 18.9 Å². The van der Waals surface area contributed by atoms with E-state index in [1.165, 1.54) is 58.9 Å². The van der Waals surface area contributed by atoms with Crippen molar-refractivity contribution < 1.29 is 39.5 Å². The van der Waals surface area contributed by atoms with Crippen molar-refractivity contribution in [1.29, 1.82) is 0 Å². The summed E-state index contributed by atoms with van der Waals surface area (Å²) in [5.41, 5.74) is -1.38. The Morgan fingerprint density at radius 3 is 2.17 bits per heavy atom. The Labute approximate surface area is 236 Å². The number of rotatable bonds is 11. The van der Waals surface area contributed by atoms with Crippen LogP contribution in [-0.2, 0) is 31.0 Å². The molecule has 9 nitrogen and oxygen atoms in total. The molecule has 220 valence electrons. The Hall–Kier alpha value is -3.62. The predicted octanol–water partition coefficient (Wildman–Crippen LogP) is 3.88. The van der Waals surface area contributed by atoms with E-state index in [4.69, 9.17) is 4.74 Å². The molecule has 0 atom stereocenters. The van der Waals surface area contributed by atoms with Crippen LogP contribution in [0.5, 0.6) is 5.75 Å². The number of carbonyl (C=O) groups excluding carboxylic acids is 1. The van der Waals surface area contributed by atoms with Crippen molar-refractivity contribution in [3.63, 3.8) is 0 Å². The topological polar surface area (TPSA) is 113 Å². The largest absolute Gasteiger partial charge is 0.492 e. The van der Waals surface area contributed by atoms with E-state index in [2.05, 4.69) is 5.32 Å². The van der Waals surface area contributed by atoms with E-state index in [1.54, 1.807) is 6.07 Å². The predicted molar refractivity (Wildman–Crippen MR) is 145 cm³/mol. The number of amides is 1. The van der Waals surface area contributed by atoms with Gasteiger partial charge in [-0.05, 0) is 67.4 Å². The Bertz CT molecular complexity index is 1560. The summed E-state index contributed by atoms with van der Waals surface area (Å²) in [5.74, 6) is -0.408. The van der Waals surface area contributed by atoms with E-state index in [1.807, 2.05) is 0 Å². The molecule has 0 spiro atoms. The van der Waals surface area contributed by atoms with Crippen molar-refractivity contribution in [3.05, 3.63) is 84.4 Å². The Morgan fingerprint density at radius 2 is 1.54 bits per heavy atom. The maximum absolute atomic E-state index is 13.3. The molecule has 1 heterocycles. The SMILES string of the molecule is O=C(CN(c1cccc(C(F)(F)F)c1)S(=O)(=O)c1ccccc1)NCCOc1ccc(S(=O)(=O)N2CCCC2)cc1. The highest BCUT2D eigenvalue weighted by Crippen LogP contribution is 2.33. The van der Waals surface area contributed by atoms with E-state index in [0.717, 1.165) is 25.0 Å². The highest BCUT2D eigenvalue weighted by atomic mass is 32.2. The summed E-state index contributed by atoms with van der Waals surface area (Å²) in [5, 5.41) is 2.50. The van der Waals surface area contributed by atoms with Gasteiger partial charge in [-0.15, -0.1) is 0 Å². The average molecular weight is 612 g/mol. The Balaban J connectivity index is 1.40. The van der Waals surface area contributed by atoms with Crippen molar-refractivity contribution in [1.82, 2.24) is 9.62 Å². The van der Waals surface area contributed by atoms with Gasteiger partial charge in [0.05, 0.1) is 27.6 Å². The summed E-state index contributed by atoms with van der Waals surface area (Å²) in [6, 6.07) is 16.6. The van der Waals surface area contributed by atoms with Crippen molar-refractivity contribution in [2.24, 2.45) is 0 Å². The highest BCUT2D eigenvalue weighted by Gasteiger charge is 2.33. The minimum atomic E-state index is -4.71. The first-order valence-corrected chi connectivity index (χ1v) is 15.5. The first-order valence-electron chi connectivity index (χ1n) is 12.6. The zero-order valence-electron chi connectivity index (χ0n) is 21.7. The summed E-state index contributed by atoms with van der Waals surface area (Å²) in [7, 11) is -7.95. The molecule has 0 aromatic heterocycles. The lowest BCUT2D eigenvalue weighted by atomic mass is 10.2. The standard InChI is InChI=1S/C27H28F3N3O6S2/c28-27(29,30)21-7-6-8-22(19-21)33(41(37,38)24-9-2-1-3-10-24)20-26(34)31-15-18-39-23-11-13-25(14-12-23)40(35,36)32-16-4-5-17-32/h1-3,6-14,19H,4-5,15-18,20H2,(H,31,34). The van der Waals surface area contributed by atoms with Crippen LogP contribution in [0.3, 0.4) is 0 Å². The van der Waals surface area contributed by atoms with Gasteiger partial charge in [-0.1, -0.05) is 24.3 Å². The molecule has 0 bridgehead atoms. The van der Waals surface area contributed by atoms with Gasteiger partial charge in [-0.25, -0.2) is 16.8 Å². The van der Waals surface area contributed by atoms with Crippen LogP contribution in [0.25, 0.3) is 0 Å². The van der Waals surface area contributed by atoms with Crippen LogP contribution in [0.15, 0.2) is 88.7 Å². The maximum Gasteiger partial charge on any atom is 0.416 e. The second kappa shape index (κ2) is 12.5. The lowest BCUT2D eigenvalue weighted by molar-refractivity contribution is -0.137. The lowest BCUT2D eigenvalue weighted by Crippen LogP contribution is -2.42. The van der Waals surface area contributed by atoms with Crippen molar-refractivity contribution >= 4 is 31.6 Å². The minimum absolute atomic E-state index is 0.0288. The first-order chi connectivity index (χ1) is 19.4. The summed E-state index contributed by atoms with van der Waals surface area (Å²) < 4.78 is 99.5. The molecule has 0 saturated carbocycles. The van der Waals surface area contributed by atoms with Gasteiger partial charge >= 0.3 is 6.18 Å². The van der Waals surface area contributed by atoms with Crippen molar-refractivity contribution in [2.75, 3.05) is 37.1 Å². The molecule has 1 saturated heterocycles. The molecule has 1 aliphatic rings. The van der Waals surface area contributed by atoms with Gasteiger partial charge in [0, 0.05) is 13.1 Å². The van der Waals surface area contributed by atoms with Gasteiger partial charge < -0.3 is 10.1 Å². The maximum atomic E-state index is 13.3. The fourth-order valence-electron chi connectivity index (χ4n) is 4.20. The van der Waals surface area contributed by atoms with E-state index >= 15 is 0 Å². The molecule has 4 rings (SSSR count). The number of hydrogen-bond donors (Lipinski definition) is 1. The minimum Gasteiger partial charge on any atom is -0.492 e. The average Bonchev–Trinajstić information content (AvgIpc) is 3.51. The van der Waals surface area contributed by atoms with Crippen LogP contribution < -0.4 is 14.4 Å². The fourth-order valence-corrected chi connectivity index (χ4v) is 7.15. The molecule has 3 aromatic carbocycles. The second-order valence-electron chi connectivity index (χ2n) is 9.15. The molecule has 0 aliphatic carbocycles. The zero-order chi connectivity index (χ0) is 29.7. The van der Waals surface area contributed by atoms with E-state index in [0.29, 0.717) is 29.2 Å². The van der Waals surface area contributed by atoms with Crippen molar-refractivity contribution in [3.8, 4) is 5.75 Å². The molecule has 0 unspecified atom stereocenters. The molecule has 1 fully saturated rings. The van der Waals surface area contributed by atoms with Crippen LogP contribution in [-0.4, -0.2) is 59.8 Å². The number of nitrogens with zero attached hydrogens (tertiary/aromatic N) is 2. The van der Waals surface area contributed by atoms with Crippen molar-refractivity contribution in [2.45, 2.75) is 28.8 Å². The number of alkyl halides is 3. The number of halogens is 3. The molecule has 41 heavy (non-hydrogen) atoms. The molecule has 1 amide bonds. The van der Waals surface area contributed by atoms with Gasteiger partial charge in [-0.2, -0.15) is 17.5 Å². The third kappa shape index (κ3) is 7.37. The van der Waals surface area contributed by atoms with Crippen LogP contribution in [0.1, 0.15) is 18.4 Å². The van der Waals surface area contributed by atoms with Gasteiger partial charge in [-0.3, -0.25) is 9.10 Å². The Kier molecular flexibility index (Phi) is 9.24. The lowest BCUT2D eigenvalue weighted by Gasteiger charge is -2.25. The van der Waals surface area contributed by atoms with E-state index < -0.39 is 44.2 Å². The van der Waals surface area contributed by atoms with Gasteiger partial charge in [0.1, 0.15) is 18.9 Å². The molecule has 1 N–H and O–H groups in total. The number of carbonyl (C=O) groups is 1. The van der Waals surface area contributed by atoms with Crippen LogP contribution in [0.2, 0.25) is 0 Å². The number of sulfonamides is 2. The van der Waals surface area contributed by atoms with E-state index in [9.17, 15) is 34.8 Å². The summed E-state index contributed by atoms with van der Waals surface area (Å²) in [6.07, 6.45) is -3.07. The molecule has 1 aliphatic heterocycles. The number of hydrogen-bond acceptors (Lipinski definition) is 6. The number of benzene rings is 3. The molecule has 3 aromatic rings. The summed E-state index contributed by atoms with van der Waals surface area (Å²) >= 11 is 0. The first kappa shape index (κ1) is 30.3. The molecule has 14 heteroatoms. The van der Waals surface area contributed by atoms with Gasteiger partial charge in [0.15, 0.2) is 0 Å². The third-order valence-electron chi connectivity index (χ3n) is 6.30.